The van der Waals surface area contributed by atoms with Crippen molar-refractivity contribution < 1.29 is 24.1 Å². The molecule has 140 valence electrons. The zero-order valence-electron chi connectivity index (χ0n) is 15.5. The second kappa shape index (κ2) is 4.93. The fourth-order valence-electron chi connectivity index (χ4n) is 6.78. The Kier molecular flexibility index (Phi) is 3.11. The first kappa shape index (κ1) is 16.4. The number of carbonyl (C=O) groups is 1. The zero-order chi connectivity index (χ0) is 18.3. The summed E-state index contributed by atoms with van der Waals surface area (Å²) in [6.07, 6.45) is 2.78. The predicted molar refractivity (Wildman–Crippen MR) is 93.4 cm³/mol. The molecule has 26 heavy (non-hydrogen) atoms. The summed E-state index contributed by atoms with van der Waals surface area (Å²) < 4.78 is 17.6. The molecule has 0 radical (unpaired) electrons. The fraction of sp³-hybridized carbons (Fsp3) is 0.650. The van der Waals surface area contributed by atoms with Crippen LogP contribution in [0.1, 0.15) is 42.9 Å². The van der Waals surface area contributed by atoms with E-state index in [-0.39, 0.29) is 24.0 Å². The van der Waals surface area contributed by atoms with E-state index in [1.807, 2.05) is 18.0 Å². The number of fused-ring (bicyclic) bond motifs is 3. The second-order valence-electron chi connectivity index (χ2n) is 8.28. The smallest absolute Gasteiger partial charge is 0.223 e. The van der Waals surface area contributed by atoms with Crippen LogP contribution in [0.15, 0.2) is 12.1 Å². The summed E-state index contributed by atoms with van der Waals surface area (Å²) in [5.41, 5.74) is 0.951. The van der Waals surface area contributed by atoms with Crippen molar-refractivity contribution in [3.8, 4) is 11.5 Å². The summed E-state index contributed by atoms with van der Waals surface area (Å²) in [4.78, 5) is 14.9. The Labute approximate surface area is 153 Å². The Morgan fingerprint density at radius 3 is 2.81 bits per heavy atom. The molecular formula is C20H25NO5. The van der Waals surface area contributed by atoms with Crippen molar-refractivity contribution in [3.63, 3.8) is 0 Å². The van der Waals surface area contributed by atoms with Gasteiger partial charge in [-0.2, -0.15) is 0 Å². The van der Waals surface area contributed by atoms with Crippen LogP contribution in [0.3, 0.4) is 0 Å². The molecule has 2 saturated heterocycles. The van der Waals surface area contributed by atoms with Gasteiger partial charge in [-0.15, -0.1) is 0 Å². The first-order valence-corrected chi connectivity index (χ1v) is 9.25. The number of aliphatic hydroxyl groups excluding tert-OH is 1. The molecule has 4 aliphatic rings. The van der Waals surface area contributed by atoms with Crippen molar-refractivity contribution >= 4 is 5.91 Å². The van der Waals surface area contributed by atoms with Crippen LogP contribution in [-0.2, 0) is 14.9 Å². The highest BCUT2D eigenvalue weighted by atomic mass is 16.5. The maximum Gasteiger partial charge on any atom is 0.223 e. The van der Waals surface area contributed by atoms with Gasteiger partial charge < -0.3 is 24.2 Å². The molecule has 3 fully saturated rings. The van der Waals surface area contributed by atoms with Crippen LogP contribution in [0.25, 0.3) is 0 Å². The molecule has 1 saturated carbocycles. The Morgan fingerprint density at radius 1 is 1.31 bits per heavy atom. The van der Waals surface area contributed by atoms with E-state index < -0.39 is 11.0 Å². The number of likely N-dealkylation sites (N-methyl/N-ethyl adjacent to an activating group) is 1. The number of rotatable bonds is 3. The second-order valence-corrected chi connectivity index (χ2v) is 8.28. The van der Waals surface area contributed by atoms with Crippen molar-refractivity contribution in [1.29, 1.82) is 0 Å². The van der Waals surface area contributed by atoms with Crippen LogP contribution in [0.4, 0.5) is 0 Å². The summed E-state index contributed by atoms with van der Waals surface area (Å²) in [6.45, 7) is 0.516. The third-order valence-corrected chi connectivity index (χ3v) is 7.85. The molecular weight excluding hydrogens is 334 g/mol. The third kappa shape index (κ3) is 1.44. The van der Waals surface area contributed by atoms with E-state index in [4.69, 9.17) is 14.2 Å². The number of carbonyl (C=O) groups excluding carboxylic acids is 1. The van der Waals surface area contributed by atoms with Crippen molar-refractivity contribution in [2.24, 2.45) is 5.41 Å². The van der Waals surface area contributed by atoms with E-state index in [9.17, 15) is 9.90 Å². The number of ether oxygens (including phenoxy) is 3. The van der Waals surface area contributed by atoms with Gasteiger partial charge in [-0.1, -0.05) is 6.07 Å². The number of methoxy groups -OCH3 is 2. The normalized spacial score (nSPS) is 39.6. The monoisotopic (exact) mass is 359 g/mol. The number of hydrogen-bond donors (Lipinski definition) is 1. The fourth-order valence-corrected chi connectivity index (χ4v) is 6.78. The summed E-state index contributed by atoms with van der Waals surface area (Å²) in [5.74, 6) is 1.53. The van der Waals surface area contributed by atoms with Gasteiger partial charge in [-0.3, -0.25) is 4.79 Å². The van der Waals surface area contributed by atoms with Crippen molar-refractivity contribution in [2.75, 3.05) is 34.5 Å². The number of hydrogen-bond acceptors (Lipinski definition) is 5. The van der Waals surface area contributed by atoms with Crippen LogP contribution in [-0.4, -0.2) is 55.9 Å². The Morgan fingerprint density at radius 2 is 2.12 bits per heavy atom. The van der Waals surface area contributed by atoms with Crippen molar-refractivity contribution in [2.45, 2.75) is 42.7 Å². The van der Waals surface area contributed by atoms with Gasteiger partial charge in [0.1, 0.15) is 0 Å². The molecule has 4 atom stereocenters. The topological polar surface area (TPSA) is 68.2 Å². The largest absolute Gasteiger partial charge is 0.493 e. The molecule has 5 rings (SSSR count). The average molecular weight is 359 g/mol. The van der Waals surface area contributed by atoms with E-state index in [0.29, 0.717) is 24.5 Å². The zero-order valence-corrected chi connectivity index (χ0v) is 15.5. The SMILES string of the molecule is COc1ccc2c(c1OC)[C@]13CC[C@]4(CO)CO[C@H]2C[C@@]41N(C)C(=O)C3. The average Bonchev–Trinajstić information content (AvgIpc) is 3.10. The highest BCUT2D eigenvalue weighted by molar-refractivity contribution is 5.85. The number of aliphatic hydroxyl groups is 1. The first-order chi connectivity index (χ1) is 12.5. The molecule has 6 heteroatoms. The highest BCUT2D eigenvalue weighted by Gasteiger charge is 2.78. The van der Waals surface area contributed by atoms with E-state index in [1.54, 1.807) is 14.2 Å². The van der Waals surface area contributed by atoms with Crippen LogP contribution in [0.2, 0.25) is 0 Å². The van der Waals surface area contributed by atoms with E-state index >= 15 is 0 Å². The molecule has 1 aromatic carbocycles. The molecule has 6 nitrogen and oxygen atoms in total. The molecule has 2 heterocycles. The van der Waals surface area contributed by atoms with Gasteiger partial charge in [0.05, 0.1) is 39.1 Å². The summed E-state index contributed by atoms with van der Waals surface area (Å²) in [7, 11) is 5.19. The lowest BCUT2D eigenvalue weighted by Gasteiger charge is -2.60. The minimum absolute atomic E-state index is 0.0285. The maximum absolute atomic E-state index is 13.0. The summed E-state index contributed by atoms with van der Waals surface area (Å²) >= 11 is 0. The van der Waals surface area contributed by atoms with E-state index in [0.717, 1.165) is 30.4 Å². The van der Waals surface area contributed by atoms with Gasteiger partial charge in [0, 0.05) is 36.3 Å². The Hall–Kier alpha value is -1.79. The molecule has 0 unspecified atom stereocenters. The predicted octanol–water partition coefficient (Wildman–Crippen LogP) is 1.79. The lowest BCUT2D eigenvalue weighted by atomic mass is 9.53. The summed E-state index contributed by atoms with van der Waals surface area (Å²) in [6, 6.07) is 3.99. The van der Waals surface area contributed by atoms with Crippen LogP contribution in [0, 0.1) is 5.41 Å². The van der Waals surface area contributed by atoms with Gasteiger partial charge in [0.2, 0.25) is 5.91 Å². The molecule has 1 aromatic rings. The van der Waals surface area contributed by atoms with Gasteiger partial charge >= 0.3 is 0 Å². The molecule has 1 amide bonds. The minimum atomic E-state index is -0.429. The van der Waals surface area contributed by atoms with Crippen LogP contribution in [0.5, 0.6) is 11.5 Å². The van der Waals surface area contributed by atoms with Crippen molar-refractivity contribution in [1.82, 2.24) is 4.90 Å². The Balaban J connectivity index is 1.89. The van der Waals surface area contributed by atoms with Gasteiger partial charge in [-0.05, 0) is 24.5 Å². The molecule has 2 aliphatic carbocycles. The Bertz CT molecular complexity index is 810. The maximum atomic E-state index is 13.0. The van der Waals surface area contributed by atoms with Crippen molar-refractivity contribution in [3.05, 3.63) is 23.3 Å². The van der Waals surface area contributed by atoms with Gasteiger partial charge in [-0.25, -0.2) is 0 Å². The molecule has 1 spiro atoms. The number of amides is 1. The van der Waals surface area contributed by atoms with E-state index in [1.165, 1.54) is 0 Å². The minimum Gasteiger partial charge on any atom is -0.493 e. The summed E-state index contributed by atoms with van der Waals surface area (Å²) in [5, 5.41) is 10.4. The first-order valence-electron chi connectivity index (χ1n) is 9.25. The highest BCUT2D eigenvalue weighted by Crippen LogP contribution is 2.74. The third-order valence-electron chi connectivity index (χ3n) is 7.85. The molecule has 2 aliphatic heterocycles. The number of likely N-dealkylation sites (tertiary alicyclic amines) is 1. The molecule has 2 bridgehead atoms. The molecule has 1 N–H and O–H groups in total. The standard InChI is InChI=1S/C20H25NO5/c1-21-15(23)9-19-7-6-18(10-22)11-26-14(8-20(18,19)21)12-4-5-13(24-2)17(25-3)16(12)19/h4-5,14,22H,6-11H2,1-3H3/t14-,18-,19+,20+/m0/s1. The quantitative estimate of drug-likeness (QED) is 0.891. The van der Waals surface area contributed by atoms with Gasteiger partial charge in [0.15, 0.2) is 11.5 Å². The lowest BCUT2D eigenvalue weighted by Crippen LogP contribution is -2.68. The van der Waals surface area contributed by atoms with Crippen LogP contribution < -0.4 is 9.47 Å². The van der Waals surface area contributed by atoms with Gasteiger partial charge in [0.25, 0.3) is 0 Å². The number of benzene rings is 1. The number of nitrogens with zero attached hydrogens (tertiary/aromatic N) is 1. The van der Waals surface area contributed by atoms with Crippen LogP contribution >= 0.6 is 0 Å². The lowest BCUT2D eigenvalue weighted by molar-refractivity contribution is -0.180. The van der Waals surface area contributed by atoms with E-state index in [2.05, 4.69) is 6.07 Å². The molecule has 0 aromatic heterocycles.